The van der Waals surface area contributed by atoms with Crippen molar-refractivity contribution in [3.05, 3.63) is 91.3 Å². The van der Waals surface area contributed by atoms with E-state index in [-0.39, 0.29) is 5.56 Å². The third-order valence-electron chi connectivity index (χ3n) is 4.11. The van der Waals surface area contributed by atoms with Gasteiger partial charge in [-0.2, -0.15) is 0 Å². The van der Waals surface area contributed by atoms with Crippen LogP contribution in [0.15, 0.2) is 59.4 Å². The maximum atomic E-state index is 13.2. The molecule has 27 heavy (non-hydrogen) atoms. The first-order valence-electron chi connectivity index (χ1n) is 8.25. The molecule has 0 N–H and O–H groups in total. The van der Waals surface area contributed by atoms with Crippen LogP contribution < -0.4 is 5.56 Å². The van der Waals surface area contributed by atoms with Gasteiger partial charge in [-0.15, -0.1) is 11.3 Å². The lowest BCUT2D eigenvalue weighted by Gasteiger charge is -2.11. The fourth-order valence-electron chi connectivity index (χ4n) is 2.87. The topological polar surface area (TPSA) is 34.9 Å². The molecule has 0 bridgehead atoms. The molecule has 2 aromatic heterocycles. The first-order chi connectivity index (χ1) is 13.0. The summed E-state index contributed by atoms with van der Waals surface area (Å²) in [7, 11) is 0. The van der Waals surface area contributed by atoms with Crippen molar-refractivity contribution in [3.63, 3.8) is 0 Å². The van der Waals surface area contributed by atoms with Crippen LogP contribution in [0.3, 0.4) is 0 Å². The highest BCUT2D eigenvalue weighted by Crippen LogP contribution is 2.26. The molecular formula is C21H14Cl2N2OS. The van der Waals surface area contributed by atoms with Gasteiger partial charge < -0.3 is 0 Å². The Labute approximate surface area is 170 Å². The molecule has 134 valence electrons. The fourth-order valence-corrected chi connectivity index (χ4v) is 4.17. The standard InChI is InChI=1S/C21H14Cl2N2OS/c1-13-12-17-20(27-13)21(26)25(18-9-5-4-8-16(18)23)19(24-17)11-10-14-6-2-3-7-15(14)22/h2-12H,1H3. The minimum Gasteiger partial charge on any atom is -0.267 e. The molecular weight excluding hydrogens is 399 g/mol. The summed E-state index contributed by atoms with van der Waals surface area (Å²) in [6.45, 7) is 1.96. The molecule has 0 unspecified atom stereocenters. The van der Waals surface area contributed by atoms with E-state index in [4.69, 9.17) is 28.2 Å². The third kappa shape index (κ3) is 3.44. The van der Waals surface area contributed by atoms with Crippen molar-refractivity contribution in [1.29, 1.82) is 0 Å². The number of benzene rings is 2. The highest BCUT2D eigenvalue weighted by molar-refractivity contribution is 7.18. The van der Waals surface area contributed by atoms with E-state index in [0.717, 1.165) is 10.4 Å². The van der Waals surface area contributed by atoms with E-state index in [1.54, 1.807) is 16.7 Å². The molecule has 4 aromatic rings. The van der Waals surface area contributed by atoms with E-state index >= 15 is 0 Å². The van der Waals surface area contributed by atoms with Crippen LogP contribution in [0.4, 0.5) is 0 Å². The summed E-state index contributed by atoms with van der Waals surface area (Å²) < 4.78 is 2.16. The Morgan fingerprint density at radius 1 is 1.00 bits per heavy atom. The molecule has 0 aliphatic rings. The number of aromatic nitrogens is 2. The molecule has 0 radical (unpaired) electrons. The first-order valence-corrected chi connectivity index (χ1v) is 9.82. The molecule has 0 saturated carbocycles. The number of nitrogens with zero attached hydrogens (tertiary/aromatic N) is 2. The number of halogens is 2. The number of aryl methyl sites for hydroxylation is 1. The second-order valence-electron chi connectivity index (χ2n) is 5.99. The van der Waals surface area contributed by atoms with Crippen LogP contribution in [0, 0.1) is 6.92 Å². The van der Waals surface area contributed by atoms with Gasteiger partial charge in [0.25, 0.3) is 5.56 Å². The normalized spacial score (nSPS) is 11.5. The van der Waals surface area contributed by atoms with Crippen molar-refractivity contribution < 1.29 is 0 Å². The van der Waals surface area contributed by atoms with Crippen molar-refractivity contribution in [2.24, 2.45) is 0 Å². The van der Waals surface area contributed by atoms with Crippen LogP contribution in [0.1, 0.15) is 16.3 Å². The van der Waals surface area contributed by atoms with Crippen molar-refractivity contribution in [2.45, 2.75) is 6.92 Å². The number of rotatable bonds is 3. The zero-order chi connectivity index (χ0) is 19.0. The van der Waals surface area contributed by atoms with Gasteiger partial charge in [-0.1, -0.05) is 53.5 Å². The summed E-state index contributed by atoms with van der Waals surface area (Å²) in [5.41, 5.74) is 2.00. The maximum Gasteiger partial charge on any atom is 0.276 e. The molecule has 0 amide bonds. The molecule has 0 aliphatic heterocycles. The predicted molar refractivity (Wildman–Crippen MR) is 115 cm³/mol. The fraction of sp³-hybridized carbons (Fsp3) is 0.0476. The number of para-hydroxylation sites is 1. The van der Waals surface area contributed by atoms with Gasteiger partial charge in [-0.25, -0.2) is 4.98 Å². The van der Waals surface area contributed by atoms with Gasteiger partial charge in [-0.05, 0) is 48.9 Å². The van der Waals surface area contributed by atoms with Crippen molar-refractivity contribution >= 4 is 56.9 Å². The lowest BCUT2D eigenvalue weighted by molar-refractivity contribution is 0.947. The third-order valence-corrected chi connectivity index (χ3v) is 5.80. The molecule has 2 aromatic carbocycles. The lowest BCUT2D eigenvalue weighted by Crippen LogP contribution is -2.21. The summed E-state index contributed by atoms with van der Waals surface area (Å²) in [4.78, 5) is 18.9. The van der Waals surface area contributed by atoms with Gasteiger partial charge in [0.05, 0.1) is 16.2 Å². The van der Waals surface area contributed by atoms with Crippen molar-refractivity contribution in [2.75, 3.05) is 0 Å². The minimum absolute atomic E-state index is 0.134. The number of thiophene rings is 1. The summed E-state index contributed by atoms with van der Waals surface area (Å²) in [6, 6.07) is 16.7. The van der Waals surface area contributed by atoms with Gasteiger partial charge in [0.2, 0.25) is 0 Å². The quantitative estimate of drug-likeness (QED) is 0.399. The molecule has 2 heterocycles. The highest BCUT2D eigenvalue weighted by atomic mass is 35.5. The van der Waals surface area contributed by atoms with Crippen LogP contribution >= 0.6 is 34.5 Å². The largest absolute Gasteiger partial charge is 0.276 e. The molecule has 0 spiro atoms. The van der Waals surface area contributed by atoms with E-state index in [0.29, 0.717) is 31.8 Å². The summed E-state index contributed by atoms with van der Waals surface area (Å²) in [5.74, 6) is 0.498. The zero-order valence-corrected chi connectivity index (χ0v) is 16.6. The average Bonchev–Trinajstić information content (AvgIpc) is 3.03. The van der Waals surface area contributed by atoms with E-state index in [9.17, 15) is 4.79 Å². The van der Waals surface area contributed by atoms with Crippen LogP contribution in [0.25, 0.3) is 28.1 Å². The van der Waals surface area contributed by atoms with E-state index in [2.05, 4.69) is 0 Å². The number of hydrogen-bond acceptors (Lipinski definition) is 3. The number of fused-ring (bicyclic) bond motifs is 1. The molecule has 0 saturated heterocycles. The molecule has 3 nitrogen and oxygen atoms in total. The van der Waals surface area contributed by atoms with E-state index in [1.165, 1.54) is 11.3 Å². The smallest absolute Gasteiger partial charge is 0.267 e. The molecule has 0 aliphatic carbocycles. The van der Waals surface area contributed by atoms with Crippen molar-refractivity contribution in [1.82, 2.24) is 9.55 Å². The second kappa shape index (κ2) is 7.31. The Kier molecular flexibility index (Phi) is 4.87. The molecule has 0 fully saturated rings. The van der Waals surface area contributed by atoms with Gasteiger partial charge in [0.15, 0.2) is 0 Å². The van der Waals surface area contributed by atoms with Crippen molar-refractivity contribution in [3.8, 4) is 5.69 Å². The minimum atomic E-state index is -0.134. The highest BCUT2D eigenvalue weighted by Gasteiger charge is 2.15. The van der Waals surface area contributed by atoms with Gasteiger partial charge in [0, 0.05) is 9.90 Å². The second-order valence-corrected chi connectivity index (χ2v) is 8.06. The summed E-state index contributed by atoms with van der Waals surface area (Å²) >= 11 is 14.0. The van der Waals surface area contributed by atoms with Crippen LogP contribution in [0.5, 0.6) is 0 Å². The first kappa shape index (κ1) is 18.0. The monoisotopic (exact) mass is 412 g/mol. The van der Waals surface area contributed by atoms with E-state index < -0.39 is 0 Å². The van der Waals surface area contributed by atoms with Crippen LogP contribution in [-0.4, -0.2) is 9.55 Å². The van der Waals surface area contributed by atoms with Gasteiger partial charge in [-0.3, -0.25) is 9.36 Å². The molecule has 6 heteroatoms. The van der Waals surface area contributed by atoms with Crippen LogP contribution in [0.2, 0.25) is 10.0 Å². The number of hydrogen-bond donors (Lipinski definition) is 0. The van der Waals surface area contributed by atoms with E-state index in [1.807, 2.05) is 61.5 Å². The summed E-state index contributed by atoms with van der Waals surface area (Å²) in [6.07, 6.45) is 3.64. The zero-order valence-electron chi connectivity index (χ0n) is 14.3. The Bertz CT molecular complexity index is 1240. The average molecular weight is 413 g/mol. The maximum absolute atomic E-state index is 13.2. The summed E-state index contributed by atoms with van der Waals surface area (Å²) in [5, 5.41) is 1.12. The van der Waals surface area contributed by atoms with Crippen LogP contribution in [-0.2, 0) is 0 Å². The van der Waals surface area contributed by atoms with Gasteiger partial charge >= 0.3 is 0 Å². The Balaban J connectivity index is 1.98. The Hall–Kier alpha value is -2.40. The Morgan fingerprint density at radius 2 is 1.70 bits per heavy atom. The Morgan fingerprint density at radius 3 is 2.44 bits per heavy atom. The molecule has 4 rings (SSSR count). The molecule has 0 atom stereocenters. The SMILES string of the molecule is Cc1cc2nc(C=Cc3ccccc3Cl)n(-c3ccccc3Cl)c(=O)c2s1. The predicted octanol–water partition coefficient (Wildman–Crippen LogP) is 6.23. The van der Waals surface area contributed by atoms with Gasteiger partial charge in [0.1, 0.15) is 10.5 Å². The lowest BCUT2D eigenvalue weighted by atomic mass is 10.2.